The first-order chi connectivity index (χ1) is 9.11. The highest BCUT2D eigenvalue weighted by Gasteiger charge is 2.09. The standard InChI is InChI=1S/C15H18BrN3/c1-11-7-14(16)9-18-15(11)19(2)10-13-6-4-3-5-12(13)8-17/h3-7,9H,8,10,17H2,1-2H3. The van der Waals surface area contributed by atoms with Gasteiger partial charge in [-0.2, -0.15) is 0 Å². The summed E-state index contributed by atoms with van der Waals surface area (Å²) in [6.45, 7) is 3.44. The lowest BCUT2D eigenvalue weighted by molar-refractivity contribution is 0.870. The first-order valence-corrected chi connectivity index (χ1v) is 7.01. The number of hydrogen-bond acceptors (Lipinski definition) is 3. The molecule has 19 heavy (non-hydrogen) atoms. The zero-order valence-corrected chi connectivity index (χ0v) is 12.8. The maximum atomic E-state index is 5.77. The first kappa shape index (κ1) is 14.0. The van der Waals surface area contributed by atoms with Crippen LogP contribution in [0.1, 0.15) is 16.7 Å². The van der Waals surface area contributed by atoms with Crippen LogP contribution in [-0.4, -0.2) is 12.0 Å². The number of nitrogens with zero attached hydrogens (tertiary/aromatic N) is 2. The molecule has 0 atom stereocenters. The van der Waals surface area contributed by atoms with Crippen molar-refractivity contribution in [3.63, 3.8) is 0 Å². The Morgan fingerprint density at radius 3 is 2.58 bits per heavy atom. The molecular formula is C15H18BrN3. The molecule has 0 unspecified atom stereocenters. The first-order valence-electron chi connectivity index (χ1n) is 6.22. The van der Waals surface area contributed by atoms with Crippen LogP contribution in [-0.2, 0) is 13.1 Å². The van der Waals surface area contributed by atoms with Crippen molar-refractivity contribution in [3.8, 4) is 0 Å². The maximum Gasteiger partial charge on any atom is 0.131 e. The summed E-state index contributed by atoms with van der Waals surface area (Å²) in [6, 6.07) is 10.3. The van der Waals surface area contributed by atoms with Crippen LogP contribution in [0.2, 0.25) is 0 Å². The normalized spacial score (nSPS) is 10.5. The predicted molar refractivity (Wildman–Crippen MR) is 83.1 cm³/mol. The second-order valence-electron chi connectivity index (χ2n) is 4.62. The number of aromatic nitrogens is 1. The number of hydrogen-bond donors (Lipinski definition) is 1. The third-order valence-corrected chi connectivity index (χ3v) is 3.56. The lowest BCUT2D eigenvalue weighted by Crippen LogP contribution is -2.20. The van der Waals surface area contributed by atoms with E-state index in [2.05, 4.69) is 58.0 Å². The summed E-state index contributed by atoms with van der Waals surface area (Å²) in [4.78, 5) is 6.63. The van der Waals surface area contributed by atoms with E-state index in [4.69, 9.17) is 5.73 Å². The molecule has 0 aliphatic carbocycles. The Kier molecular flexibility index (Phi) is 4.56. The Labute approximate surface area is 122 Å². The Hall–Kier alpha value is -1.39. The Balaban J connectivity index is 2.23. The number of halogens is 1. The van der Waals surface area contributed by atoms with Crippen LogP contribution in [0.15, 0.2) is 41.0 Å². The summed E-state index contributed by atoms with van der Waals surface area (Å²) in [7, 11) is 2.05. The molecule has 3 nitrogen and oxygen atoms in total. The van der Waals surface area contributed by atoms with Crippen molar-refractivity contribution in [2.75, 3.05) is 11.9 Å². The molecular weight excluding hydrogens is 302 g/mol. The van der Waals surface area contributed by atoms with Crippen LogP contribution in [0, 0.1) is 6.92 Å². The highest BCUT2D eigenvalue weighted by atomic mass is 79.9. The maximum absolute atomic E-state index is 5.77. The fourth-order valence-electron chi connectivity index (χ4n) is 2.17. The average Bonchev–Trinajstić information content (AvgIpc) is 2.39. The monoisotopic (exact) mass is 319 g/mol. The SMILES string of the molecule is Cc1cc(Br)cnc1N(C)Cc1ccccc1CN. The molecule has 0 radical (unpaired) electrons. The van der Waals surface area contributed by atoms with E-state index in [-0.39, 0.29) is 0 Å². The fourth-order valence-corrected chi connectivity index (χ4v) is 2.62. The number of nitrogens with two attached hydrogens (primary N) is 1. The number of benzene rings is 1. The molecule has 0 fully saturated rings. The Bertz CT molecular complexity index is 569. The van der Waals surface area contributed by atoms with Gasteiger partial charge >= 0.3 is 0 Å². The van der Waals surface area contributed by atoms with Gasteiger partial charge in [0.05, 0.1) is 0 Å². The number of aryl methyl sites for hydroxylation is 1. The van der Waals surface area contributed by atoms with E-state index in [9.17, 15) is 0 Å². The van der Waals surface area contributed by atoms with Gasteiger partial charge < -0.3 is 10.6 Å². The molecule has 0 amide bonds. The fraction of sp³-hybridized carbons (Fsp3) is 0.267. The Morgan fingerprint density at radius 1 is 1.26 bits per heavy atom. The van der Waals surface area contributed by atoms with Gasteiger partial charge in [-0.05, 0) is 45.6 Å². The minimum absolute atomic E-state index is 0.566. The number of pyridine rings is 1. The van der Waals surface area contributed by atoms with Gasteiger partial charge in [0.25, 0.3) is 0 Å². The molecule has 2 rings (SSSR count). The third kappa shape index (κ3) is 3.33. The van der Waals surface area contributed by atoms with Crippen LogP contribution in [0.4, 0.5) is 5.82 Å². The molecule has 1 aromatic heterocycles. The molecule has 0 aliphatic heterocycles. The third-order valence-electron chi connectivity index (χ3n) is 3.12. The summed E-state index contributed by atoms with van der Waals surface area (Å²) in [5.41, 5.74) is 9.36. The van der Waals surface area contributed by atoms with Crippen LogP contribution in [0.5, 0.6) is 0 Å². The van der Waals surface area contributed by atoms with E-state index < -0.39 is 0 Å². The van der Waals surface area contributed by atoms with Crippen molar-refractivity contribution in [1.82, 2.24) is 4.98 Å². The van der Waals surface area contributed by atoms with Crippen molar-refractivity contribution in [3.05, 3.63) is 57.7 Å². The lowest BCUT2D eigenvalue weighted by atomic mass is 10.1. The molecule has 1 aromatic carbocycles. The van der Waals surface area contributed by atoms with E-state index in [0.717, 1.165) is 22.4 Å². The average molecular weight is 320 g/mol. The van der Waals surface area contributed by atoms with Crippen molar-refractivity contribution in [2.24, 2.45) is 5.73 Å². The largest absolute Gasteiger partial charge is 0.355 e. The zero-order chi connectivity index (χ0) is 13.8. The Morgan fingerprint density at radius 2 is 1.95 bits per heavy atom. The molecule has 2 N–H and O–H groups in total. The summed E-state index contributed by atoms with van der Waals surface area (Å²) in [5, 5.41) is 0. The van der Waals surface area contributed by atoms with Crippen LogP contribution < -0.4 is 10.6 Å². The van der Waals surface area contributed by atoms with Gasteiger partial charge in [0.15, 0.2) is 0 Å². The molecule has 0 saturated carbocycles. The van der Waals surface area contributed by atoms with E-state index >= 15 is 0 Å². The summed E-state index contributed by atoms with van der Waals surface area (Å²) < 4.78 is 1.00. The van der Waals surface area contributed by atoms with Crippen LogP contribution >= 0.6 is 15.9 Å². The van der Waals surface area contributed by atoms with Gasteiger partial charge in [-0.1, -0.05) is 24.3 Å². The summed E-state index contributed by atoms with van der Waals surface area (Å²) in [6.07, 6.45) is 1.83. The van der Waals surface area contributed by atoms with E-state index in [0.29, 0.717) is 6.54 Å². The molecule has 0 spiro atoms. The van der Waals surface area contributed by atoms with Crippen molar-refractivity contribution >= 4 is 21.7 Å². The number of rotatable bonds is 4. The second kappa shape index (κ2) is 6.17. The van der Waals surface area contributed by atoms with Gasteiger partial charge in [0.2, 0.25) is 0 Å². The molecule has 100 valence electrons. The summed E-state index contributed by atoms with van der Waals surface area (Å²) in [5.74, 6) is 0.995. The zero-order valence-electron chi connectivity index (χ0n) is 11.2. The van der Waals surface area contributed by atoms with Crippen molar-refractivity contribution in [2.45, 2.75) is 20.0 Å². The predicted octanol–water partition coefficient (Wildman–Crippen LogP) is 3.25. The highest BCUT2D eigenvalue weighted by molar-refractivity contribution is 9.10. The minimum Gasteiger partial charge on any atom is -0.355 e. The summed E-state index contributed by atoms with van der Waals surface area (Å²) >= 11 is 3.44. The van der Waals surface area contributed by atoms with Gasteiger partial charge in [-0.3, -0.25) is 0 Å². The van der Waals surface area contributed by atoms with E-state index in [1.54, 1.807) is 0 Å². The number of anilines is 1. The van der Waals surface area contributed by atoms with E-state index in [1.807, 2.05) is 18.3 Å². The van der Waals surface area contributed by atoms with E-state index in [1.165, 1.54) is 11.1 Å². The molecule has 2 aromatic rings. The topological polar surface area (TPSA) is 42.2 Å². The van der Waals surface area contributed by atoms with Crippen LogP contribution in [0.3, 0.4) is 0 Å². The molecule has 0 bridgehead atoms. The van der Waals surface area contributed by atoms with Gasteiger partial charge in [-0.25, -0.2) is 4.98 Å². The van der Waals surface area contributed by atoms with Crippen molar-refractivity contribution in [1.29, 1.82) is 0 Å². The van der Waals surface area contributed by atoms with Gasteiger partial charge in [0, 0.05) is 30.8 Å². The van der Waals surface area contributed by atoms with Gasteiger partial charge in [0.1, 0.15) is 5.82 Å². The lowest BCUT2D eigenvalue weighted by Gasteiger charge is -2.21. The van der Waals surface area contributed by atoms with Crippen molar-refractivity contribution < 1.29 is 0 Å². The quantitative estimate of drug-likeness (QED) is 0.940. The van der Waals surface area contributed by atoms with Crippen LogP contribution in [0.25, 0.3) is 0 Å². The molecule has 1 heterocycles. The van der Waals surface area contributed by atoms with Gasteiger partial charge in [-0.15, -0.1) is 0 Å². The highest BCUT2D eigenvalue weighted by Crippen LogP contribution is 2.22. The second-order valence-corrected chi connectivity index (χ2v) is 5.54. The minimum atomic E-state index is 0.566. The molecule has 4 heteroatoms. The molecule has 0 aliphatic rings. The molecule has 0 saturated heterocycles. The smallest absolute Gasteiger partial charge is 0.131 e.